The number of sulfone groups is 1. The lowest BCUT2D eigenvalue weighted by atomic mass is 10.2. The van der Waals surface area contributed by atoms with Crippen molar-refractivity contribution in [1.29, 1.82) is 0 Å². The second kappa shape index (κ2) is 9.69. The molecular formula is C21H22F3N3O5S. The lowest BCUT2D eigenvalue weighted by Crippen LogP contribution is -2.19. The fraction of sp³-hybridized carbons (Fsp3) is 0.333. The highest BCUT2D eigenvalue weighted by Crippen LogP contribution is 2.38. The molecule has 0 unspecified atom stereocenters. The molecule has 0 amide bonds. The third-order valence-corrected chi connectivity index (χ3v) is 6.28. The van der Waals surface area contributed by atoms with Gasteiger partial charge in [0.1, 0.15) is 29.4 Å². The highest BCUT2D eigenvalue weighted by molar-refractivity contribution is 7.91. The normalized spacial score (nSPS) is 11.9. The Kier molecular flexibility index (Phi) is 7.15. The van der Waals surface area contributed by atoms with Crippen molar-refractivity contribution in [2.45, 2.75) is 24.9 Å². The van der Waals surface area contributed by atoms with Gasteiger partial charge >= 0.3 is 6.18 Å². The quantitative estimate of drug-likeness (QED) is 0.473. The summed E-state index contributed by atoms with van der Waals surface area (Å²) in [5.74, 6) is 0.681. The number of nitrogens with one attached hydrogen (secondary N) is 1. The molecule has 3 rings (SSSR count). The van der Waals surface area contributed by atoms with Gasteiger partial charge in [0.05, 0.1) is 41.0 Å². The van der Waals surface area contributed by atoms with Gasteiger partial charge in [0.15, 0.2) is 16.4 Å². The van der Waals surface area contributed by atoms with E-state index in [-0.39, 0.29) is 27.9 Å². The molecule has 0 saturated carbocycles. The van der Waals surface area contributed by atoms with Crippen LogP contribution in [0.5, 0.6) is 17.2 Å². The van der Waals surface area contributed by atoms with Gasteiger partial charge < -0.3 is 19.5 Å². The first kappa shape index (κ1) is 24.4. The van der Waals surface area contributed by atoms with Gasteiger partial charge in [-0.15, -0.1) is 0 Å². The molecule has 0 bridgehead atoms. The molecule has 0 aliphatic rings. The maximum Gasteiger partial charge on any atom is 0.422 e. The Labute approximate surface area is 188 Å². The predicted octanol–water partition coefficient (Wildman–Crippen LogP) is 4.52. The minimum absolute atomic E-state index is 0.00737. The summed E-state index contributed by atoms with van der Waals surface area (Å²) < 4.78 is 78.8. The fourth-order valence-corrected chi connectivity index (χ4v) is 3.90. The van der Waals surface area contributed by atoms with Gasteiger partial charge in [-0.25, -0.2) is 18.4 Å². The number of nitrogens with zero attached hydrogens (tertiary/aromatic N) is 2. The van der Waals surface area contributed by atoms with Gasteiger partial charge in [-0.3, -0.25) is 0 Å². The topological polar surface area (TPSA) is 99.6 Å². The summed E-state index contributed by atoms with van der Waals surface area (Å²) in [6, 6.07) is 6.85. The number of alkyl halides is 3. The second-order valence-corrected chi connectivity index (χ2v) is 9.04. The molecule has 0 aliphatic heterocycles. The number of halogens is 3. The van der Waals surface area contributed by atoms with Gasteiger partial charge in [0, 0.05) is 12.1 Å². The molecule has 1 aromatic heterocycles. The Morgan fingerprint density at radius 3 is 2.42 bits per heavy atom. The van der Waals surface area contributed by atoms with Crippen LogP contribution in [0.15, 0.2) is 41.6 Å². The summed E-state index contributed by atoms with van der Waals surface area (Å²) >= 11 is 0. The zero-order valence-corrected chi connectivity index (χ0v) is 18.9. The van der Waals surface area contributed by atoms with E-state index >= 15 is 0 Å². The van der Waals surface area contributed by atoms with Crippen LogP contribution in [0.3, 0.4) is 0 Å². The number of anilines is 2. The van der Waals surface area contributed by atoms with E-state index < -0.39 is 22.6 Å². The number of hydrogen-bond acceptors (Lipinski definition) is 8. The van der Waals surface area contributed by atoms with E-state index in [1.165, 1.54) is 38.6 Å². The minimum atomic E-state index is -4.58. The van der Waals surface area contributed by atoms with Crippen LogP contribution in [0.25, 0.3) is 10.9 Å². The summed E-state index contributed by atoms with van der Waals surface area (Å²) in [4.78, 5) is 8.33. The molecule has 0 saturated heterocycles. The number of rotatable bonds is 9. The Bertz CT molecular complexity index is 1250. The Balaban J connectivity index is 2.15. The molecule has 8 nitrogen and oxygen atoms in total. The van der Waals surface area contributed by atoms with Crippen LogP contribution in [-0.2, 0) is 9.84 Å². The minimum Gasteiger partial charge on any atom is -0.497 e. The molecule has 3 aromatic rings. The number of hydrogen-bond donors (Lipinski definition) is 1. The molecule has 178 valence electrons. The number of fused-ring (bicyclic) bond motifs is 1. The van der Waals surface area contributed by atoms with Crippen molar-refractivity contribution < 1.29 is 35.8 Å². The lowest BCUT2D eigenvalue weighted by Gasteiger charge is -2.17. The van der Waals surface area contributed by atoms with Crippen LogP contribution < -0.4 is 19.5 Å². The number of benzene rings is 2. The summed E-state index contributed by atoms with van der Waals surface area (Å²) in [6.45, 7) is 2.02. The molecule has 0 aliphatic carbocycles. The molecule has 0 fully saturated rings. The maximum atomic E-state index is 12.8. The smallest absolute Gasteiger partial charge is 0.422 e. The average Bonchev–Trinajstić information content (AvgIpc) is 2.77. The van der Waals surface area contributed by atoms with Crippen molar-refractivity contribution in [2.24, 2.45) is 0 Å². The highest BCUT2D eigenvalue weighted by Gasteiger charge is 2.29. The average molecular weight is 485 g/mol. The van der Waals surface area contributed by atoms with E-state index in [2.05, 4.69) is 15.3 Å². The summed E-state index contributed by atoms with van der Waals surface area (Å²) in [5.41, 5.74) is 0.442. The number of aromatic nitrogens is 2. The van der Waals surface area contributed by atoms with Crippen molar-refractivity contribution in [1.82, 2.24) is 9.97 Å². The van der Waals surface area contributed by atoms with E-state index in [0.717, 1.165) is 0 Å². The van der Waals surface area contributed by atoms with Crippen molar-refractivity contribution >= 4 is 32.2 Å². The van der Waals surface area contributed by atoms with Crippen molar-refractivity contribution in [2.75, 3.05) is 31.4 Å². The monoisotopic (exact) mass is 485 g/mol. The molecule has 33 heavy (non-hydrogen) atoms. The van der Waals surface area contributed by atoms with Gasteiger partial charge in [0.25, 0.3) is 0 Å². The molecule has 1 heterocycles. The Morgan fingerprint density at radius 2 is 1.79 bits per heavy atom. The third-order valence-electron chi connectivity index (χ3n) is 4.55. The van der Waals surface area contributed by atoms with Crippen molar-refractivity contribution in [3.63, 3.8) is 0 Å². The van der Waals surface area contributed by atoms with Gasteiger partial charge in [-0.05, 0) is 25.1 Å². The van der Waals surface area contributed by atoms with Crippen LogP contribution in [-0.4, -0.2) is 50.6 Å². The van der Waals surface area contributed by atoms with Crippen molar-refractivity contribution in [3.8, 4) is 17.2 Å². The zero-order chi connectivity index (χ0) is 24.2. The first-order valence-electron chi connectivity index (χ1n) is 9.87. The molecule has 0 atom stereocenters. The first-order valence-corrected chi connectivity index (χ1v) is 11.5. The molecule has 12 heteroatoms. The second-order valence-electron chi connectivity index (χ2n) is 6.77. The SMILES string of the molecule is CCOc1cc(OC)cc2ncnc(Nc3cc(S(=O)(=O)CC)ccc3OCC(F)(F)F)c12. The van der Waals surface area contributed by atoms with Crippen LogP contribution in [0.1, 0.15) is 13.8 Å². The van der Waals surface area contributed by atoms with E-state index in [0.29, 0.717) is 29.0 Å². The Hall–Kier alpha value is -3.28. The van der Waals surface area contributed by atoms with Gasteiger partial charge in [-0.1, -0.05) is 6.92 Å². The van der Waals surface area contributed by atoms with E-state index in [4.69, 9.17) is 14.2 Å². The predicted molar refractivity (Wildman–Crippen MR) is 116 cm³/mol. The Morgan fingerprint density at radius 1 is 1.03 bits per heavy atom. The number of methoxy groups -OCH3 is 1. The van der Waals surface area contributed by atoms with Crippen molar-refractivity contribution in [3.05, 3.63) is 36.7 Å². The standard InChI is InChI=1S/C21H22F3N3O5S/c1-4-31-18-9-13(30-3)8-16-19(18)20(26-12-25-16)27-15-10-14(33(28,29)5-2)6-7-17(15)32-11-21(22,23)24/h6-10,12H,4-5,11H2,1-3H3,(H,25,26,27). The van der Waals surface area contributed by atoms with E-state index in [1.807, 2.05) is 0 Å². The molecule has 1 N–H and O–H groups in total. The molecule has 2 aromatic carbocycles. The molecule has 0 radical (unpaired) electrons. The number of ether oxygens (including phenoxy) is 3. The summed E-state index contributed by atoms with van der Waals surface area (Å²) in [5, 5.41) is 3.33. The van der Waals surface area contributed by atoms with E-state index in [1.54, 1.807) is 19.1 Å². The molecular weight excluding hydrogens is 463 g/mol. The third kappa shape index (κ3) is 5.75. The summed E-state index contributed by atoms with van der Waals surface area (Å²) in [6.07, 6.45) is -3.32. The van der Waals surface area contributed by atoms with Crippen LogP contribution in [0, 0.1) is 0 Å². The van der Waals surface area contributed by atoms with Gasteiger partial charge in [0.2, 0.25) is 0 Å². The lowest BCUT2D eigenvalue weighted by molar-refractivity contribution is -0.153. The van der Waals surface area contributed by atoms with Crippen LogP contribution in [0.2, 0.25) is 0 Å². The van der Waals surface area contributed by atoms with Crippen LogP contribution in [0.4, 0.5) is 24.7 Å². The summed E-state index contributed by atoms with van der Waals surface area (Å²) in [7, 11) is -2.15. The zero-order valence-electron chi connectivity index (χ0n) is 18.1. The maximum absolute atomic E-state index is 12.8. The first-order chi connectivity index (χ1) is 15.6. The van der Waals surface area contributed by atoms with Crippen LogP contribution >= 0.6 is 0 Å². The molecule has 0 spiro atoms. The highest BCUT2D eigenvalue weighted by atomic mass is 32.2. The van der Waals surface area contributed by atoms with Gasteiger partial charge in [-0.2, -0.15) is 13.2 Å². The van der Waals surface area contributed by atoms with E-state index in [9.17, 15) is 21.6 Å². The fourth-order valence-electron chi connectivity index (χ4n) is 2.99. The largest absolute Gasteiger partial charge is 0.497 e.